The van der Waals surface area contributed by atoms with Gasteiger partial charge < -0.3 is 10.1 Å². The summed E-state index contributed by atoms with van der Waals surface area (Å²) in [7, 11) is 1.73. The molecule has 0 aliphatic carbocycles. The molecule has 0 spiro atoms. The molecule has 11 heavy (non-hydrogen) atoms. The average molecular weight is 157 g/mol. The summed E-state index contributed by atoms with van der Waals surface area (Å²) < 4.78 is 4.98. The molecule has 0 radical (unpaired) electrons. The molecule has 1 N–H and O–H groups in total. The second kappa shape index (κ2) is 7.76. The number of allylic oxidation sites excluding steroid dienone is 1. The topological polar surface area (TPSA) is 21.3 Å². The first-order chi connectivity index (χ1) is 5.31. The molecule has 0 aromatic heterocycles. The highest BCUT2D eigenvalue weighted by atomic mass is 16.5. The van der Waals surface area contributed by atoms with Crippen molar-refractivity contribution in [2.75, 3.05) is 20.3 Å². The number of ether oxygens (including phenoxy) is 1. The normalized spacial score (nSPS) is 14.1. The fourth-order valence-electron chi connectivity index (χ4n) is 0.889. The Labute approximate surface area is 69.6 Å². The Kier molecular flexibility index (Phi) is 7.52. The van der Waals surface area contributed by atoms with E-state index in [4.69, 9.17) is 4.74 Å². The third kappa shape index (κ3) is 7.56. The van der Waals surface area contributed by atoms with Crippen LogP contribution < -0.4 is 5.32 Å². The van der Waals surface area contributed by atoms with Crippen LogP contribution in [0.4, 0.5) is 0 Å². The van der Waals surface area contributed by atoms with Crippen LogP contribution in [0.3, 0.4) is 0 Å². The Balaban J connectivity index is 3.10. The van der Waals surface area contributed by atoms with Crippen LogP contribution in [0.15, 0.2) is 12.2 Å². The predicted octanol–water partition coefficient (Wildman–Crippen LogP) is 1.58. The van der Waals surface area contributed by atoms with Gasteiger partial charge in [0.1, 0.15) is 0 Å². The van der Waals surface area contributed by atoms with Crippen molar-refractivity contribution in [2.45, 2.75) is 26.3 Å². The lowest BCUT2D eigenvalue weighted by Crippen LogP contribution is -2.30. The molecule has 0 bridgehead atoms. The molecule has 0 heterocycles. The van der Waals surface area contributed by atoms with Crippen molar-refractivity contribution in [3.8, 4) is 0 Å². The van der Waals surface area contributed by atoms with Crippen molar-refractivity contribution in [2.24, 2.45) is 0 Å². The molecule has 1 unspecified atom stereocenters. The van der Waals surface area contributed by atoms with E-state index in [0.717, 1.165) is 19.6 Å². The zero-order chi connectivity index (χ0) is 8.53. The Morgan fingerprint density at radius 1 is 1.55 bits per heavy atom. The Hall–Kier alpha value is -0.340. The largest absolute Gasteiger partial charge is 0.383 e. The van der Waals surface area contributed by atoms with Crippen LogP contribution >= 0.6 is 0 Å². The SMILES string of the molecule is C/C=C/CCNC(C)COC. The molecule has 1 atom stereocenters. The van der Waals surface area contributed by atoms with Crippen molar-refractivity contribution >= 4 is 0 Å². The van der Waals surface area contributed by atoms with E-state index in [1.165, 1.54) is 0 Å². The van der Waals surface area contributed by atoms with E-state index in [2.05, 4.69) is 24.4 Å². The number of methoxy groups -OCH3 is 1. The molecule has 66 valence electrons. The van der Waals surface area contributed by atoms with Gasteiger partial charge in [-0.2, -0.15) is 0 Å². The number of rotatable bonds is 6. The van der Waals surface area contributed by atoms with Gasteiger partial charge in [0.15, 0.2) is 0 Å². The first-order valence-corrected chi connectivity index (χ1v) is 4.14. The van der Waals surface area contributed by atoms with Crippen molar-refractivity contribution in [1.82, 2.24) is 5.32 Å². The average Bonchev–Trinajstić information content (AvgIpc) is 1.99. The number of hydrogen-bond acceptors (Lipinski definition) is 2. The van der Waals surface area contributed by atoms with Gasteiger partial charge in [-0.3, -0.25) is 0 Å². The summed E-state index contributed by atoms with van der Waals surface area (Å²) in [5, 5.41) is 3.34. The monoisotopic (exact) mass is 157 g/mol. The van der Waals surface area contributed by atoms with Gasteiger partial charge in [-0.05, 0) is 26.8 Å². The molecule has 0 aromatic rings. The fourth-order valence-corrected chi connectivity index (χ4v) is 0.889. The van der Waals surface area contributed by atoms with Gasteiger partial charge in [0.05, 0.1) is 6.61 Å². The predicted molar refractivity (Wildman–Crippen MR) is 48.8 cm³/mol. The lowest BCUT2D eigenvalue weighted by molar-refractivity contribution is 0.172. The summed E-state index contributed by atoms with van der Waals surface area (Å²) in [6.07, 6.45) is 5.33. The minimum atomic E-state index is 0.463. The lowest BCUT2D eigenvalue weighted by Gasteiger charge is -2.10. The number of hydrogen-bond donors (Lipinski definition) is 1. The maximum absolute atomic E-state index is 4.98. The Morgan fingerprint density at radius 3 is 2.82 bits per heavy atom. The molecule has 0 aliphatic heterocycles. The maximum Gasteiger partial charge on any atom is 0.0613 e. The van der Waals surface area contributed by atoms with Crippen LogP contribution in [0, 0.1) is 0 Å². The molecular weight excluding hydrogens is 138 g/mol. The standard InChI is InChI=1S/C9H19NO/c1-4-5-6-7-10-9(2)8-11-3/h4-5,9-10H,6-8H2,1-3H3/b5-4+. The van der Waals surface area contributed by atoms with Gasteiger partial charge in [0.25, 0.3) is 0 Å². The van der Waals surface area contributed by atoms with Crippen LogP contribution in [-0.4, -0.2) is 26.3 Å². The number of nitrogens with one attached hydrogen (secondary N) is 1. The van der Waals surface area contributed by atoms with E-state index in [0.29, 0.717) is 6.04 Å². The molecule has 0 saturated carbocycles. The molecule has 2 heteroatoms. The van der Waals surface area contributed by atoms with Crippen molar-refractivity contribution < 1.29 is 4.74 Å². The van der Waals surface area contributed by atoms with Gasteiger partial charge in [-0.15, -0.1) is 0 Å². The van der Waals surface area contributed by atoms with E-state index in [9.17, 15) is 0 Å². The van der Waals surface area contributed by atoms with Crippen LogP contribution in [0.5, 0.6) is 0 Å². The molecule has 0 aliphatic rings. The summed E-state index contributed by atoms with van der Waals surface area (Å²) in [5.41, 5.74) is 0. The molecule has 0 fully saturated rings. The molecular formula is C9H19NO. The van der Waals surface area contributed by atoms with E-state index < -0.39 is 0 Å². The zero-order valence-electron chi connectivity index (χ0n) is 7.76. The van der Waals surface area contributed by atoms with Crippen LogP contribution in [0.1, 0.15) is 20.3 Å². The highest BCUT2D eigenvalue weighted by molar-refractivity contribution is 4.77. The minimum absolute atomic E-state index is 0.463. The van der Waals surface area contributed by atoms with E-state index >= 15 is 0 Å². The van der Waals surface area contributed by atoms with E-state index in [1.807, 2.05) is 6.92 Å². The summed E-state index contributed by atoms with van der Waals surface area (Å²) in [6, 6.07) is 0.463. The third-order valence-electron chi connectivity index (χ3n) is 1.46. The van der Waals surface area contributed by atoms with E-state index in [-0.39, 0.29) is 0 Å². The van der Waals surface area contributed by atoms with Gasteiger partial charge >= 0.3 is 0 Å². The fraction of sp³-hybridized carbons (Fsp3) is 0.778. The first-order valence-electron chi connectivity index (χ1n) is 4.14. The highest BCUT2D eigenvalue weighted by Crippen LogP contribution is 1.84. The molecule has 0 amide bonds. The van der Waals surface area contributed by atoms with Gasteiger partial charge in [-0.1, -0.05) is 12.2 Å². The van der Waals surface area contributed by atoms with Gasteiger partial charge in [-0.25, -0.2) is 0 Å². The Morgan fingerprint density at radius 2 is 2.27 bits per heavy atom. The quantitative estimate of drug-likeness (QED) is 0.467. The smallest absolute Gasteiger partial charge is 0.0613 e. The van der Waals surface area contributed by atoms with Crippen LogP contribution in [0.25, 0.3) is 0 Å². The van der Waals surface area contributed by atoms with E-state index in [1.54, 1.807) is 7.11 Å². The van der Waals surface area contributed by atoms with Gasteiger partial charge in [0.2, 0.25) is 0 Å². The first kappa shape index (κ1) is 10.7. The van der Waals surface area contributed by atoms with Gasteiger partial charge in [0, 0.05) is 13.2 Å². The van der Waals surface area contributed by atoms with Crippen molar-refractivity contribution in [1.29, 1.82) is 0 Å². The van der Waals surface area contributed by atoms with Crippen LogP contribution in [-0.2, 0) is 4.74 Å². The molecule has 0 aromatic carbocycles. The minimum Gasteiger partial charge on any atom is -0.383 e. The van der Waals surface area contributed by atoms with Crippen LogP contribution in [0.2, 0.25) is 0 Å². The molecule has 2 nitrogen and oxygen atoms in total. The zero-order valence-corrected chi connectivity index (χ0v) is 7.76. The Bertz CT molecular complexity index is 102. The van der Waals surface area contributed by atoms with Crippen molar-refractivity contribution in [3.63, 3.8) is 0 Å². The second-order valence-electron chi connectivity index (χ2n) is 2.67. The summed E-state index contributed by atoms with van der Waals surface area (Å²) in [4.78, 5) is 0. The second-order valence-corrected chi connectivity index (χ2v) is 2.67. The lowest BCUT2D eigenvalue weighted by atomic mass is 10.3. The molecule has 0 rings (SSSR count). The van der Waals surface area contributed by atoms with Crippen molar-refractivity contribution in [3.05, 3.63) is 12.2 Å². The summed E-state index contributed by atoms with van der Waals surface area (Å²) >= 11 is 0. The maximum atomic E-state index is 4.98. The molecule has 0 saturated heterocycles. The summed E-state index contributed by atoms with van der Waals surface area (Å²) in [6.45, 7) is 5.99. The highest BCUT2D eigenvalue weighted by Gasteiger charge is 1.96. The third-order valence-corrected chi connectivity index (χ3v) is 1.46. The summed E-state index contributed by atoms with van der Waals surface area (Å²) in [5.74, 6) is 0.